The van der Waals surface area contributed by atoms with Crippen molar-refractivity contribution in [3.63, 3.8) is 0 Å². The van der Waals surface area contributed by atoms with Crippen molar-refractivity contribution < 1.29 is 18.4 Å². The largest absolute Gasteiger partial charge is 0.438 e. The van der Waals surface area contributed by atoms with Crippen LogP contribution >= 0.6 is 7.92 Å². The summed E-state index contributed by atoms with van der Waals surface area (Å²) >= 11 is 0. The molecular formula is C46H52FN8O5P. The number of fused-ring (bicyclic) bond motifs is 1. The van der Waals surface area contributed by atoms with Crippen LogP contribution in [0.2, 0.25) is 0 Å². The number of imidazole rings is 1. The molecule has 13 nitrogen and oxygen atoms in total. The number of H-pyrrole nitrogens is 2. The Balaban J connectivity index is 0.000000447. The molecule has 15 heteroatoms. The highest BCUT2D eigenvalue weighted by atomic mass is 31.1. The predicted octanol–water partition coefficient (Wildman–Crippen LogP) is 7.84. The minimum Gasteiger partial charge on any atom is -0.402 e. The van der Waals surface area contributed by atoms with Crippen LogP contribution < -0.4 is 17.2 Å². The van der Waals surface area contributed by atoms with Crippen molar-refractivity contribution in [2.45, 2.75) is 64.5 Å². The number of carbonyl (C=O) groups is 1. The zero-order chi connectivity index (χ0) is 42.9. The minimum absolute atomic E-state index is 0.0906. The maximum absolute atomic E-state index is 14.6. The van der Waals surface area contributed by atoms with Gasteiger partial charge in [-0.2, -0.15) is 0 Å². The number of hydrogen-bond acceptors (Lipinski definition) is 8. The SMILES string of the molecule is CC1CC1c1noc(=O)[nH]1.Cc1cc(N=C(C2=C(N)CCN(C(=O)c3cc4cc(C5CCOCC5)ccc4[nH]3)C2)n2ccn(-c3ccc(CP(C)C)cc3)c2=O)cc(C)c1F. The lowest BCUT2D eigenvalue weighted by atomic mass is 9.91. The highest BCUT2D eigenvalue weighted by molar-refractivity contribution is 7.55. The van der Waals surface area contributed by atoms with Gasteiger partial charge in [0.2, 0.25) is 0 Å². The predicted molar refractivity (Wildman–Crippen MR) is 237 cm³/mol. The number of ether oxygens (including phenoxy) is 1. The molecule has 3 aromatic carbocycles. The fourth-order valence-corrected chi connectivity index (χ4v) is 9.17. The number of aromatic nitrogens is 5. The van der Waals surface area contributed by atoms with E-state index in [0.717, 1.165) is 55.2 Å². The molecule has 0 radical (unpaired) electrons. The average molecular weight is 847 g/mol. The van der Waals surface area contributed by atoms with E-state index in [4.69, 9.17) is 15.5 Å². The molecule has 1 aliphatic carbocycles. The fourth-order valence-electron chi connectivity index (χ4n) is 8.23. The first kappa shape index (κ1) is 41.9. The number of nitrogens with one attached hydrogen (secondary N) is 2. The van der Waals surface area contributed by atoms with Crippen LogP contribution in [0, 0.1) is 25.6 Å². The van der Waals surface area contributed by atoms with Crippen LogP contribution in [-0.2, 0) is 10.9 Å². The van der Waals surface area contributed by atoms with Gasteiger partial charge in [-0.1, -0.05) is 30.3 Å². The first-order chi connectivity index (χ1) is 29.3. The maximum Gasteiger partial charge on any atom is 0.438 e. The Bertz CT molecular complexity index is 2730. The summed E-state index contributed by atoms with van der Waals surface area (Å²) in [5.74, 6) is 1.64. The van der Waals surface area contributed by atoms with Gasteiger partial charge < -0.3 is 20.4 Å². The molecule has 9 rings (SSSR count). The normalized spacial score (nSPS) is 18.5. The van der Waals surface area contributed by atoms with E-state index < -0.39 is 5.76 Å². The van der Waals surface area contributed by atoms with E-state index in [9.17, 15) is 18.8 Å². The standard InChI is InChI=1S/C40H44FN6O3P.C6H8N2O2/c1-25-19-31(20-26(2)37(25)41)43-38(47-16-15-46(40(47)49)32-8-5-27(6-9-32)24-51(3)4)33-23-45(14-11-34(33)42)39(48)36-22-30-21-29(7-10-35(30)44-36)28-12-17-50-18-13-28;1-3-2-4(3)5-7-6(9)10-8-5/h5-10,15-16,19-22,28,44H,11-14,17-18,23-24,42H2,1-4H3;3-4H,2H2,1H3,(H,7,8,9). The molecule has 61 heavy (non-hydrogen) atoms. The van der Waals surface area contributed by atoms with Crippen molar-refractivity contribution in [1.29, 1.82) is 0 Å². The lowest BCUT2D eigenvalue weighted by Gasteiger charge is -2.30. The lowest BCUT2D eigenvalue weighted by Crippen LogP contribution is -2.42. The Morgan fingerprint density at radius 2 is 1.72 bits per heavy atom. The van der Waals surface area contributed by atoms with Gasteiger partial charge in [-0.15, -0.1) is 7.92 Å². The summed E-state index contributed by atoms with van der Waals surface area (Å²) in [6.07, 6.45) is 7.89. The number of halogens is 1. The van der Waals surface area contributed by atoms with Crippen molar-refractivity contribution in [3.8, 4) is 5.69 Å². The summed E-state index contributed by atoms with van der Waals surface area (Å²) < 4.78 is 27.6. The van der Waals surface area contributed by atoms with Crippen molar-refractivity contribution >= 4 is 36.3 Å². The molecule has 2 unspecified atom stereocenters. The minimum atomic E-state index is -0.450. The Labute approximate surface area is 354 Å². The van der Waals surface area contributed by atoms with E-state index in [1.54, 1.807) is 47.8 Å². The first-order valence-corrected chi connectivity index (χ1v) is 23.2. The number of benzene rings is 3. The molecule has 1 saturated carbocycles. The number of aliphatic imine (C=N–C) groups is 1. The van der Waals surface area contributed by atoms with Gasteiger partial charge in [-0.05, 0) is 129 Å². The van der Waals surface area contributed by atoms with Crippen molar-refractivity contribution in [3.05, 3.63) is 145 Å². The first-order valence-electron chi connectivity index (χ1n) is 20.8. The van der Waals surface area contributed by atoms with Gasteiger partial charge in [0.05, 0.1) is 17.9 Å². The van der Waals surface area contributed by atoms with Crippen molar-refractivity contribution in [2.24, 2.45) is 16.6 Å². The molecular weight excluding hydrogens is 795 g/mol. The second-order valence-electron chi connectivity index (χ2n) is 16.8. The molecule has 0 spiro atoms. The summed E-state index contributed by atoms with van der Waals surface area (Å²) in [6.45, 7) is 12.1. The van der Waals surface area contributed by atoms with Crippen LogP contribution in [0.4, 0.5) is 10.1 Å². The van der Waals surface area contributed by atoms with E-state index >= 15 is 0 Å². The topological polar surface area (TPSA) is 170 Å². The number of rotatable bonds is 8. The Morgan fingerprint density at radius 1 is 1.00 bits per heavy atom. The molecule has 5 heterocycles. The third kappa shape index (κ3) is 9.25. The highest BCUT2D eigenvalue weighted by Crippen LogP contribution is 2.44. The summed E-state index contributed by atoms with van der Waals surface area (Å²) in [7, 11) is -0.0906. The van der Waals surface area contributed by atoms with E-state index in [2.05, 4.69) is 64.2 Å². The summed E-state index contributed by atoms with van der Waals surface area (Å²) in [4.78, 5) is 51.2. The summed E-state index contributed by atoms with van der Waals surface area (Å²) in [5.41, 5.74) is 13.5. The van der Waals surface area contributed by atoms with Gasteiger partial charge in [0.1, 0.15) is 17.3 Å². The van der Waals surface area contributed by atoms with E-state index in [0.29, 0.717) is 76.2 Å². The van der Waals surface area contributed by atoms with Crippen LogP contribution in [0.1, 0.15) is 83.0 Å². The number of amides is 1. The zero-order valence-electron chi connectivity index (χ0n) is 35.2. The summed E-state index contributed by atoms with van der Waals surface area (Å²) in [6, 6.07) is 19.6. The molecule has 2 aliphatic heterocycles. The van der Waals surface area contributed by atoms with Crippen LogP contribution in [-0.4, -0.2) is 80.5 Å². The quantitative estimate of drug-likeness (QED) is 0.0797. The van der Waals surface area contributed by atoms with Crippen LogP contribution in [0.3, 0.4) is 0 Å². The molecule has 4 N–H and O–H groups in total. The number of nitrogens with two attached hydrogens (primary N) is 1. The number of carbonyl (C=O) groups excluding carboxylic acids is 1. The molecule has 1 amide bonds. The van der Waals surface area contributed by atoms with Gasteiger partial charge in [0.25, 0.3) is 5.91 Å². The molecule has 1 saturated heterocycles. The van der Waals surface area contributed by atoms with E-state index in [1.807, 2.05) is 24.3 Å². The fraction of sp³-hybridized carbons (Fsp3) is 0.370. The van der Waals surface area contributed by atoms with Gasteiger partial charge in [0, 0.05) is 66.7 Å². The van der Waals surface area contributed by atoms with E-state index in [-0.39, 0.29) is 31.9 Å². The second kappa shape index (κ2) is 17.6. The maximum atomic E-state index is 14.6. The number of aryl methyl sites for hydroxylation is 2. The van der Waals surface area contributed by atoms with Gasteiger partial charge >= 0.3 is 11.4 Å². The third-order valence-electron chi connectivity index (χ3n) is 11.8. The molecule has 3 aromatic heterocycles. The highest BCUT2D eigenvalue weighted by Gasteiger charge is 2.37. The Morgan fingerprint density at radius 3 is 2.38 bits per heavy atom. The molecule has 2 atom stereocenters. The zero-order valence-corrected chi connectivity index (χ0v) is 36.1. The smallest absolute Gasteiger partial charge is 0.402 e. The van der Waals surface area contributed by atoms with E-state index in [1.165, 1.54) is 15.7 Å². The number of nitrogens with zero attached hydrogens (tertiary/aromatic N) is 5. The van der Waals surface area contributed by atoms with Gasteiger partial charge in [-0.3, -0.25) is 23.4 Å². The second-order valence-corrected chi connectivity index (χ2v) is 19.2. The monoisotopic (exact) mass is 846 g/mol. The Hall–Kier alpha value is -5.85. The van der Waals surface area contributed by atoms with Gasteiger partial charge in [-0.25, -0.2) is 19.0 Å². The van der Waals surface area contributed by atoms with Gasteiger partial charge in [0.15, 0.2) is 5.82 Å². The van der Waals surface area contributed by atoms with Crippen molar-refractivity contribution in [1.82, 2.24) is 29.2 Å². The summed E-state index contributed by atoms with van der Waals surface area (Å²) in [5, 5.41) is 4.58. The lowest BCUT2D eigenvalue weighted by molar-refractivity contribution is 0.0761. The van der Waals surface area contributed by atoms with Crippen molar-refractivity contribution in [2.75, 3.05) is 39.6 Å². The van der Waals surface area contributed by atoms with Crippen LogP contribution in [0.25, 0.3) is 16.6 Å². The van der Waals surface area contributed by atoms with Crippen LogP contribution in [0.5, 0.6) is 0 Å². The number of aromatic amines is 2. The third-order valence-corrected chi connectivity index (χ3v) is 12.8. The molecule has 0 bridgehead atoms. The average Bonchev–Trinajstić information content (AvgIpc) is 3.53. The molecule has 318 valence electrons. The molecule has 6 aromatic rings. The van der Waals surface area contributed by atoms with Crippen LogP contribution in [0.15, 0.2) is 103 Å². The number of hydrogen-bond donors (Lipinski definition) is 3. The molecule has 3 aliphatic rings. The molecule has 2 fully saturated rings. The Kier molecular flexibility index (Phi) is 12.1.